The second kappa shape index (κ2) is 7.83. The van der Waals surface area contributed by atoms with E-state index in [-0.39, 0.29) is 12.4 Å². The van der Waals surface area contributed by atoms with Gasteiger partial charge in [-0.15, -0.1) is 0 Å². The summed E-state index contributed by atoms with van der Waals surface area (Å²) in [6.45, 7) is 1.38. The van der Waals surface area contributed by atoms with Crippen molar-refractivity contribution in [3.05, 3.63) is 28.8 Å². The minimum atomic E-state index is -3.17. The number of hydrogen-bond acceptors (Lipinski definition) is 4. The summed E-state index contributed by atoms with van der Waals surface area (Å²) in [5.41, 5.74) is -1.65. The van der Waals surface area contributed by atoms with Gasteiger partial charge in [0.2, 0.25) is 5.91 Å². The van der Waals surface area contributed by atoms with Crippen molar-refractivity contribution in [3.63, 3.8) is 0 Å². The highest BCUT2D eigenvalue weighted by molar-refractivity contribution is 6.32. The summed E-state index contributed by atoms with van der Waals surface area (Å²) in [5.74, 6) is -0.751. The Morgan fingerprint density at radius 3 is 2.60 bits per heavy atom. The molecule has 0 aliphatic heterocycles. The quantitative estimate of drug-likeness (QED) is 0.743. The lowest BCUT2D eigenvalue weighted by Crippen LogP contribution is -2.26. The highest BCUT2D eigenvalue weighted by Gasteiger charge is 2.31. The lowest BCUT2D eigenvalue weighted by atomic mass is 10.3. The van der Waals surface area contributed by atoms with Crippen LogP contribution in [0.3, 0.4) is 0 Å². The van der Waals surface area contributed by atoms with E-state index in [9.17, 15) is 22.4 Å². The molecule has 7 nitrogen and oxygen atoms in total. The maximum Gasteiger partial charge on any atom is 0.283 e. The van der Waals surface area contributed by atoms with Gasteiger partial charge in [0.1, 0.15) is 24.2 Å². The van der Waals surface area contributed by atoms with E-state index in [4.69, 9.17) is 16.3 Å². The molecule has 0 fully saturated rings. The van der Waals surface area contributed by atoms with Crippen molar-refractivity contribution < 1.29 is 27.1 Å². The summed E-state index contributed by atoms with van der Waals surface area (Å²) in [7, 11) is 1.45. The number of anilines is 1. The van der Waals surface area contributed by atoms with Crippen molar-refractivity contribution in [2.75, 3.05) is 12.4 Å². The number of rotatable bonds is 7. The molecule has 0 saturated carbocycles. The SMILES string of the molecule is COCn1cc(NC(=O)C(C)n2nc(C(F)F)c(Cl)c2C(F)F)cn1. The molecule has 2 heterocycles. The third kappa shape index (κ3) is 4.10. The second-order valence-electron chi connectivity index (χ2n) is 4.98. The van der Waals surface area contributed by atoms with Crippen LogP contribution in [-0.2, 0) is 16.3 Å². The van der Waals surface area contributed by atoms with Crippen LogP contribution >= 0.6 is 11.6 Å². The van der Waals surface area contributed by atoms with E-state index in [1.807, 2.05) is 0 Å². The summed E-state index contributed by atoms with van der Waals surface area (Å²) in [5, 5.41) is 8.85. The van der Waals surface area contributed by atoms with Gasteiger partial charge in [0.15, 0.2) is 0 Å². The fourth-order valence-corrected chi connectivity index (χ4v) is 2.35. The van der Waals surface area contributed by atoms with Crippen LogP contribution in [-0.4, -0.2) is 32.6 Å². The number of ether oxygens (including phenoxy) is 1. The number of halogens is 5. The molecule has 1 N–H and O–H groups in total. The highest BCUT2D eigenvalue weighted by Crippen LogP contribution is 2.36. The van der Waals surface area contributed by atoms with Crippen LogP contribution in [0.25, 0.3) is 0 Å². The number of carbonyl (C=O) groups excluding carboxylic acids is 1. The van der Waals surface area contributed by atoms with Crippen LogP contribution in [0.2, 0.25) is 5.02 Å². The number of carbonyl (C=O) groups is 1. The molecule has 0 bridgehead atoms. The van der Waals surface area contributed by atoms with Gasteiger partial charge in [-0.3, -0.25) is 4.79 Å². The van der Waals surface area contributed by atoms with Crippen LogP contribution in [0.1, 0.15) is 37.2 Å². The third-order valence-corrected chi connectivity index (χ3v) is 3.62. The molecule has 2 rings (SSSR count). The molecular weight excluding hydrogens is 370 g/mol. The zero-order valence-electron chi connectivity index (χ0n) is 13.1. The predicted molar refractivity (Wildman–Crippen MR) is 79.7 cm³/mol. The molecule has 0 aliphatic carbocycles. The number of hydrogen-bond donors (Lipinski definition) is 1. The fourth-order valence-electron chi connectivity index (χ4n) is 2.06. The molecule has 0 aliphatic rings. The first-order chi connectivity index (χ1) is 11.8. The first kappa shape index (κ1) is 19.2. The van der Waals surface area contributed by atoms with Crippen molar-refractivity contribution in [3.8, 4) is 0 Å². The van der Waals surface area contributed by atoms with Crippen LogP contribution in [0.15, 0.2) is 12.4 Å². The Kier molecular flexibility index (Phi) is 6.01. The number of amides is 1. The number of alkyl halides is 4. The van der Waals surface area contributed by atoms with Crippen LogP contribution in [0, 0.1) is 0 Å². The number of aromatic nitrogens is 4. The third-order valence-electron chi connectivity index (χ3n) is 3.23. The second-order valence-corrected chi connectivity index (χ2v) is 5.36. The maximum absolute atomic E-state index is 13.2. The van der Waals surface area contributed by atoms with E-state index in [1.165, 1.54) is 31.1 Å². The average Bonchev–Trinajstić information content (AvgIpc) is 3.11. The zero-order chi connectivity index (χ0) is 18.7. The zero-order valence-corrected chi connectivity index (χ0v) is 13.8. The molecule has 2 aromatic rings. The lowest BCUT2D eigenvalue weighted by Gasteiger charge is -2.14. The molecule has 0 radical (unpaired) electrons. The summed E-state index contributed by atoms with van der Waals surface area (Å²) >= 11 is 5.56. The first-order valence-corrected chi connectivity index (χ1v) is 7.30. The molecule has 138 valence electrons. The van der Waals surface area contributed by atoms with Gasteiger partial charge in [0.05, 0.1) is 23.1 Å². The number of methoxy groups -OCH3 is 1. The van der Waals surface area contributed by atoms with Gasteiger partial charge in [-0.1, -0.05) is 11.6 Å². The van der Waals surface area contributed by atoms with Crippen LogP contribution in [0.4, 0.5) is 23.2 Å². The van der Waals surface area contributed by atoms with Gasteiger partial charge in [0, 0.05) is 7.11 Å². The van der Waals surface area contributed by atoms with E-state index in [0.717, 1.165) is 0 Å². The smallest absolute Gasteiger partial charge is 0.283 e. The number of nitrogens with one attached hydrogen (secondary N) is 1. The maximum atomic E-state index is 13.2. The Labute approximate surface area is 144 Å². The standard InChI is InChI=1S/C13H14ClF4N5O2/c1-6(13(24)20-7-3-19-22(4-7)5-25-2)23-10(12(17)18)8(14)9(21-23)11(15)16/h3-4,6,11-12H,5H2,1-2H3,(H,20,24). The molecule has 12 heteroatoms. The Hall–Kier alpha value is -2.14. The molecule has 0 aromatic carbocycles. The minimum Gasteiger partial charge on any atom is -0.362 e. The minimum absolute atomic E-state index is 0.146. The molecule has 0 saturated heterocycles. The highest BCUT2D eigenvalue weighted by atomic mass is 35.5. The van der Waals surface area contributed by atoms with Gasteiger partial charge in [0.25, 0.3) is 12.9 Å². The molecule has 1 atom stereocenters. The molecule has 25 heavy (non-hydrogen) atoms. The Balaban J connectivity index is 2.24. The Morgan fingerprint density at radius 2 is 2.04 bits per heavy atom. The topological polar surface area (TPSA) is 74.0 Å². The van der Waals surface area contributed by atoms with E-state index in [0.29, 0.717) is 4.68 Å². The summed E-state index contributed by atoms with van der Waals surface area (Å²) < 4.78 is 58.7. The molecule has 1 amide bonds. The van der Waals surface area contributed by atoms with Gasteiger partial charge >= 0.3 is 0 Å². The van der Waals surface area contributed by atoms with Gasteiger partial charge in [-0.25, -0.2) is 26.9 Å². The fraction of sp³-hybridized carbons (Fsp3) is 0.462. The summed E-state index contributed by atoms with van der Waals surface area (Å²) in [6.07, 6.45) is -3.55. The van der Waals surface area contributed by atoms with E-state index in [2.05, 4.69) is 15.5 Å². The molecule has 1 unspecified atom stereocenters. The first-order valence-electron chi connectivity index (χ1n) is 6.92. The average molecular weight is 384 g/mol. The predicted octanol–water partition coefficient (Wildman–Crippen LogP) is 3.41. The van der Waals surface area contributed by atoms with Crippen molar-refractivity contribution in [2.45, 2.75) is 32.5 Å². The number of nitrogens with zero attached hydrogens (tertiary/aromatic N) is 4. The van der Waals surface area contributed by atoms with Crippen LogP contribution < -0.4 is 5.32 Å². The van der Waals surface area contributed by atoms with E-state index < -0.39 is 41.2 Å². The van der Waals surface area contributed by atoms with Gasteiger partial charge in [-0.05, 0) is 6.92 Å². The Bertz CT molecular complexity index is 749. The largest absolute Gasteiger partial charge is 0.362 e. The van der Waals surface area contributed by atoms with Crippen molar-refractivity contribution in [1.82, 2.24) is 19.6 Å². The van der Waals surface area contributed by atoms with Crippen molar-refractivity contribution in [1.29, 1.82) is 0 Å². The van der Waals surface area contributed by atoms with Crippen molar-refractivity contribution >= 4 is 23.2 Å². The Morgan fingerprint density at radius 1 is 1.36 bits per heavy atom. The molecule has 2 aromatic heterocycles. The summed E-state index contributed by atoms with van der Waals surface area (Å²) in [4.78, 5) is 12.2. The van der Waals surface area contributed by atoms with Crippen LogP contribution in [0.5, 0.6) is 0 Å². The molecule has 0 spiro atoms. The molecular formula is C13H14ClF4N5O2. The normalized spacial score (nSPS) is 12.8. The lowest BCUT2D eigenvalue weighted by molar-refractivity contribution is -0.119. The monoisotopic (exact) mass is 383 g/mol. The van der Waals surface area contributed by atoms with Gasteiger partial charge in [-0.2, -0.15) is 10.2 Å². The summed E-state index contributed by atoms with van der Waals surface area (Å²) in [6, 6.07) is -1.31. The van der Waals surface area contributed by atoms with Crippen molar-refractivity contribution in [2.24, 2.45) is 0 Å². The van der Waals surface area contributed by atoms with Gasteiger partial charge < -0.3 is 10.1 Å². The van der Waals surface area contributed by atoms with E-state index in [1.54, 1.807) is 0 Å². The van der Waals surface area contributed by atoms with E-state index >= 15 is 0 Å².